The zero-order chi connectivity index (χ0) is 24.2. The van der Waals surface area contributed by atoms with Crippen molar-refractivity contribution in [2.45, 2.75) is 13.8 Å². The molecular formula is C23H23N7O4. The summed E-state index contributed by atoms with van der Waals surface area (Å²) in [4.78, 5) is 51.0. The van der Waals surface area contributed by atoms with Gasteiger partial charge in [0.25, 0.3) is 17.7 Å². The van der Waals surface area contributed by atoms with Crippen molar-refractivity contribution in [2.24, 2.45) is 0 Å². The molecule has 2 aromatic carbocycles. The van der Waals surface area contributed by atoms with Gasteiger partial charge >= 0.3 is 0 Å². The second kappa shape index (κ2) is 9.45. The van der Waals surface area contributed by atoms with Gasteiger partial charge in [-0.3, -0.25) is 19.7 Å². The summed E-state index contributed by atoms with van der Waals surface area (Å²) >= 11 is 0. The van der Waals surface area contributed by atoms with Crippen LogP contribution in [0.5, 0.6) is 5.75 Å². The Morgan fingerprint density at radius 3 is 2.62 bits per heavy atom. The summed E-state index contributed by atoms with van der Waals surface area (Å²) in [5.41, 5.74) is 3.75. The molecule has 11 nitrogen and oxygen atoms in total. The summed E-state index contributed by atoms with van der Waals surface area (Å²) in [5.74, 6) is -0.718. The molecule has 0 aliphatic rings. The highest BCUT2D eigenvalue weighted by atomic mass is 16.5. The molecule has 11 heteroatoms. The van der Waals surface area contributed by atoms with Gasteiger partial charge in [0.2, 0.25) is 5.95 Å². The molecule has 0 fully saturated rings. The number of fused-ring (bicyclic) bond motifs is 1. The number of nitrogens with one attached hydrogen (secondary N) is 5. The first kappa shape index (κ1) is 22.5. The number of ether oxygens (including phenoxy) is 1. The van der Waals surface area contributed by atoms with Gasteiger partial charge in [-0.25, -0.2) is 9.97 Å². The highest BCUT2D eigenvalue weighted by molar-refractivity contribution is 6.13. The third-order valence-electron chi connectivity index (χ3n) is 5.05. The fourth-order valence-electron chi connectivity index (χ4n) is 3.30. The van der Waals surface area contributed by atoms with Crippen molar-refractivity contribution in [2.75, 3.05) is 24.3 Å². The minimum atomic E-state index is -0.585. The van der Waals surface area contributed by atoms with Gasteiger partial charge in [0.15, 0.2) is 12.3 Å². The molecule has 0 bridgehead atoms. The van der Waals surface area contributed by atoms with Gasteiger partial charge in [-0.1, -0.05) is 17.7 Å². The lowest BCUT2D eigenvalue weighted by molar-refractivity contribution is -0.122. The van der Waals surface area contributed by atoms with Crippen LogP contribution in [0.15, 0.2) is 42.7 Å². The minimum Gasteiger partial charge on any atom is -0.484 e. The standard InChI is InChI=1S/C23H23N7O4/c1-12-4-6-15(13(2)8-12)27-21(32)19-20(26-11-25-19)22(33)30-23-28-16-7-5-14(9-17(16)29-23)34-10-18(31)24-3/h4-9,11H,10H2,1-3H3,(H,24,31)(H,25,26)(H,27,32)(H2,28,29,30,33). The number of hydrogen-bond donors (Lipinski definition) is 5. The van der Waals surface area contributed by atoms with Crippen LogP contribution in [0.3, 0.4) is 0 Å². The predicted octanol–water partition coefficient (Wildman–Crippen LogP) is 2.53. The van der Waals surface area contributed by atoms with E-state index in [1.807, 2.05) is 26.0 Å². The number of nitrogens with zero attached hydrogens (tertiary/aromatic N) is 2. The number of aryl methyl sites for hydroxylation is 2. The van der Waals surface area contributed by atoms with Gasteiger partial charge in [-0.15, -0.1) is 0 Å². The third kappa shape index (κ3) is 4.88. The van der Waals surface area contributed by atoms with Crippen LogP contribution < -0.4 is 20.7 Å². The topological polar surface area (TPSA) is 154 Å². The zero-order valence-electron chi connectivity index (χ0n) is 18.8. The number of aromatic nitrogens is 4. The number of carbonyl (C=O) groups is 3. The lowest BCUT2D eigenvalue weighted by Crippen LogP contribution is -2.24. The van der Waals surface area contributed by atoms with E-state index in [0.717, 1.165) is 11.1 Å². The smallest absolute Gasteiger partial charge is 0.276 e. The maximum atomic E-state index is 12.8. The monoisotopic (exact) mass is 461 g/mol. The van der Waals surface area contributed by atoms with Crippen molar-refractivity contribution in [1.82, 2.24) is 25.3 Å². The van der Waals surface area contributed by atoms with E-state index < -0.39 is 11.8 Å². The van der Waals surface area contributed by atoms with Crippen molar-refractivity contribution in [3.8, 4) is 5.75 Å². The van der Waals surface area contributed by atoms with E-state index in [2.05, 4.69) is 35.9 Å². The van der Waals surface area contributed by atoms with Gasteiger partial charge in [-0.05, 0) is 37.6 Å². The summed E-state index contributed by atoms with van der Waals surface area (Å²) in [7, 11) is 1.52. The molecule has 4 aromatic rings. The molecule has 34 heavy (non-hydrogen) atoms. The Balaban J connectivity index is 1.47. The molecular weight excluding hydrogens is 438 g/mol. The summed E-state index contributed by atoms with van der Waals surface area (Å²) in [6.07, 6.45) is 1.28. The van der Waals surface area contributed by atoms with Crippen molar-refractivity contribution < 1.29 is 19.1 Å². The highest BCUT2D eigenvalue weighted by Gasteiger charge is 2.22. The largest absolute Gasteiger partial charge is 0.484 e. The molecule has 0 unspecified atom stereocenters. The lowest BCUT2D eigenvalue weighted by atomic mass is 10.1. The second-order valence-corrected chi connectivity index (χ2v) is 7.58. The molecule has 5 N–H and O–H groups in total. The fourth-order valence-corrected chi connectivity index (χ4v) is 3.30. The Labute approximate surface area is 194 Å². The molecule has 3 amide bonds. The third-order valence-corrected chi connectivity index (χ3v) is 5.05. The van der Waals surface area contributed by atoms with Crippen LogP contribution in [0.2, 0.25) is 0 Å². The minimum absolute atomic E-state index is 0.00248. The normalized spacial score (nSPS) is 10.7. The maximum absolute atomic E-state index is 12.8. The Morgan fingerprint density at radius 2 is 1.85 bits per heavy atom. The molecule has 0 radical (unpaired) electrons. The fraction of sp³-hybridized carbons (Fsp3) is 0.174. The quantitative estimate of drug-likeness (QED) is 0.285. The number of rotatable bonds is 7. The Morgan fingerprint density at radius 1 is 1.03 bits per heavy atom. The van der Waals surface area contributed by atoms with Crippen LogP contribution in [0.1, 0.15) is 32.1 Å². The molecule has 0 saturated heterocycles. The first-order valence-corrected chi connectivity index (χ1v) is 10.4. The number of carbonyl (C=O) groups excluding carboxylic acids is 3. The average molecular weight is 461 g/mol. The molecule has 4 rings (SSSR count). The number of imidazole rings is 2. The number of aromatic amines is 2. The molecule has 0 aliphatic carbocycles. The number of likely N-dealkylation sites (N-methyl/N-ethyl adjacent to an activating group) is 1. The van der Waals surface area contributed by atoms with Crippen molar-refractivity contribution >= 4 is 40.4 Å². The summed E-state index contributed by atoms with van der Waals surface area (Å²) in [5, 5.41) is 7.88. The molecule has 0 aliphatic heterocycles. The van der Waals surface area contributed by atoms with E-state index in [4.69, 9.17) is 4.74 Å². The Hall–Kier alpha value is -4.67. The first-order valence-electron chi connectivity index (χ1n) is 10.4. The molecule has 0 saturated carbocycles. The van der Waals surface area contributed by atoms with Crippen molar-refractivity contribution in [1.29, 1.82) is 0 Å². The van der Waals surface area contributed by atoms with Crippen LogP contribution in [-0.4, -0.2) is 51.3 Å². The SMILES string of the molecule is CNC(=O)COc1ccc2[nH]c(NC(=O)c3[nH]cnc3C(=O)Nc3ccc(C)cc3C)nc2c1. The zero-order valence-corrected chi connectivity index (χ0v) is 18.8. The molecule has 174 valence electrons. The van der Waals surface area contributed by atoms with Gasteiger partial charge in [0.1, 0.15) is 11.4 Å². The second-order valence-electron chi connectivity index (χ2n) is 7.58. The summed E-state index contributed by atoms with van der Waals surface area (Å²) in [6.45, 7) is 3.73. The van der Waals surface area contributed by atoms with Crippen LogP contribution in [0.25, 0.3) is 11.0 Å². The Bertz CT molecular complexity index is 1390. The number of benzene rings is 2. The van der Waals surface area contributed by atoms with Crippen molar-refractivity contribution in [3.05, 3.63) is 65.2 Å². The lowest BCUT2D eigenvalue weighted by Gasteiger charge is -2.09. The number of anilines is 2. The summed E-state index contributed by atoms with van der Waals surface area (Å²) < 4.78 is 5.41. The van der Waals surface area contributed by atoms with E-state index in [1.54, 1.807) is 24.3 Å². The van der Waals surface area contributed by atoms with Gasteiger partial charge in [0.05, 0.1) is 17.4 Å². The molecule has 0 atom stereocenters. The molecule has 0 spiro atoms. The van der Waals surface area contributed by atoms with E-state index in [9.17, 15) is 14.4 Å². The maximum Gasteiger partial charge on any atom is 0.276 e. The van der Waals surface area contributed by atoms with E-state index in [-0.39, 0.29) is 29.9 Å². The molecule has 2 heterocycles. The number of amides is 3. The van der Waals surface area contributed by atoms with Crippen LogP contribution in [0, 0.1) is 13.8 Å². The van der Waals surface area contributed by atoms with Crippen LogP contribution in [0.4, 0.5) is 11.6 Å². The number of hydrogen-bond acceptors (Lipinski definition) is 6. The summed E-state index contributed by atoms with van der Waals surface area (Å²) in [6, 6.07) is 10.7. The number of H-pyrrole nitrogens is 2. The van der Waals surface area contributed by atoms with Gasteiger partial charge in [-0.2, -0.15) is 0 Å². The van der Waals surface area contributed by atoms with Gasteiger partial charge in [0, 0.05) is 18.8 Å². The van der Waals surface area contributed by atoms with Crippen LogP contribution >= 0.6 is 0 Å². The predicted molar refractivity (Wildman–Crippen MR) is 126 cm³/mol. The van der Waals surface area contributed by atoms with Crippen molar-refractivity contribution in [3.63, 3.8) is 0 Å². The Kier molecular flexibility index (Phi) is 6.26. The molecule has 2 aromatic heterocycles. The van der Waals surface area contributed by atoms with Gasteiger partial charge < -0.3 is 25.3 Å². The average Bonchev–Trinajstić information content (AvgIpc) is 3.45. The van der Waals surface area contributed by atoms with E-state index in [1.165, 1.54) is 13.4 Å². The van der Waals surface area contributed by atoms with Crippen LogP contribution in [-0.2, 0) is 4.79 Å². The first-order chi connectivity index (χ1) is 16.3. The van der Waals surface area contributed by atoms with E-state index >= 15 is 0 Å². The van der Waals surface area contributed by atoms with E-state index in [0.29, 0.717) is 22.5 Å². The highest BCUT2D eigenvalue weighted by Crippen LogP contribution is 2.21.